The van der Waals surface area contributed by atoms with Crippen LogP contribution in [0.1, 0.15) is 12.8 Å². The zero-order chi connectivity index (χ0) is 27.0. The first kappa shape index (κ1) is 26.8. The third kappa shape index (κ3) is 4.84. The van der Waals surface area contributed by atoms with Crippen molar-refractivity contribution in [3.05, 3.63) is 53.1 Å². The molecule has 3 fully saturated rings. The van der Waals surface area contributed by atoms with Crippen molar-refractivity contribution in [1.29, 1.82) is 0 Å². The Morgan fingerprint density at radius 2 is 1.79 bits per heavy atom. The van der Waals surface area contributed by atoms with Crippen molar-refractivity contribution in [2.45, 2.75) is 29.3 Å². The van der Waals surface area contributed by atoms with Crippen LogP contribution in [0.2, 0.25) is 5.02 Å². The minimum Gasteiger partial charge on any atom is -0.451 e. The van der Waals surface area contributed by atoms with E-state index in [1.54, 1.807) is 10.4 Å². The smallest absolute Gasteiger partial charge is 0.320 e. The van der Waals surface area contributed by atoms with Gasteiger partial charge in [0.15, 0.2) is 17.4 Å². The molecule has 5 rings (SSSR count). The Balaban J connectivity index is 1.42. The standard InChI is InChI=1S/C24H25ClF2N4O6S/c25-15-1-3-17(4-2-15)37-21-19(26)11-18(12-20(21)27)38(35)31-16-5-6-24(31,22(32)28-34)14-30(13-16)23(33)29-7-9-36-10-8-29/h1-4,11-12,16,34H,5-10,13-14H2,(H,28,32). The van der Waals surface area contributed by atoms with Gasteiger partial charge in [-0.25, -0.2) is 23.3 Å². The number of halogens is 3. The fourth-order valence-electron chi connectivity index (χ4n) is 5.18. The zero-order valence-electron chi connectivity index (χ0n) is 20.1. The van der Waals surface area contributed by atoms with Gasteiger partial charge in [-0.15, -0.1) is 0 Å². The average Bonchev–Trinajstić information content (AvgIpc) is 3.17. The van der Waals surface area contributed by atoms with Gasteiger partial charge in [0.25, 0.3) is 5.91 Å². The zero-order valence-corrected chi connectivity index (χ0v) is 21.6. The normalized spacial score (nSPS) is 24.3. The van der Waals surface area contributed by atoms with Crippen LogP contribution >= 0.6 is 11.6 Å². The van der Waals surface area contributed by atoms with Crippen molar-refractivity contribution in [3.8, 4) is 11.5 Å². The number of benzene rings is 2. The molecule has 0 aromatic heterocycles. The van der Waals surface area contributed by atoms with E-state index in [2.05, 4.69) is 0 Å². The van der Waals surface area contributed by atoms with Crippen LogP contribution in [-0.2, 0) is 20.5 Å². The summed E-state index contributed by atoms with van der Waals surface area (Å²) in [7, 11) is -2.20. The summed E-state index contributed by atoms with van der Waals surface area (Å²) in [6, 6.07) is 6.82. The van der Waals surface area contributed by atoms with Crippen molar-refractivity contribution in [2.24, 2.45) is 0 Å². The van der Waals surface area contributed by atoms with Crippen LogP contribution in [-0.4, -0.2) is 86.4 Å². The Bertz CT molecular complexity index is 1240. The number of urea groups is 1. The predicted molar refractivity (Wildman–Crippen MR) is 131 cm³/mol. The molecular formula is C24H25ClF2N4O6S. The van der Waals surface area contributed by atoms with E-state index in [4.69, 9.17) is 21.1 Å². The lowest BCUT2D eigenvalue weighted by atomic mass is 9.96. The van der Waals surface area contributed by atoms with Crippen LogP contribution < -0.4 is 10.2 Å². The number of hydroxylamine groups is 1. The first-order chi connectivity index (χ1) is 18.2. The van der Waals surface area contributed by atoms with E-state index >= 15 is 0 Å². The summed E-state index contributed by atoms with van der Waals surface area (Å²) in [5, 5.41) is 9.95. The lowest BCUT2D eigenvalue weighted by Crippen LogP contribution is -2.69. The Morgan fingerprint density at radius 3 is 2.42 bits per heavy atom. The van der Waals surface area contributed by atoms with Gasteiger partial charge in [-0.2, -0.15) is 4.31 Å². The highest BCUT2D eigenvalue weighted by atomic mass is 35.5. The summed E-state index contributed by atoms with van der Waals surface area (Å²) in [6.45, 7) is 1.61. The number of ether oxygens (including phenoxy) is 2. The Kier molecular flexibility index (Phi) is 7.56. The van der Waals surface area contributed by atoms with Crippen molar-refractivity contribution < 1.29 is 37.3 Å². The van der Waals surface area contributed by atoms with Crippen LogP contribution in [0.3, 0.4) is 0 Å². The summed E-state index contributed by atoms with van der Waals surface area (Å²) in [5.41, 5.74) is 0.0678. The topological polar surface area (TPSA) is 112 Å². The van der Waals surface area contributed by atoms with Gasteiger partial charge in [-0.1, -0.05) is 11.6 Å². The number of nitrogens with one attached hydrogen (secondary N) is 1. The third-order valence-electron chi connectivity index (χ3n) is 6.99. The number of amides is 3. The molecule has 0 radical (unpaired) electrons. The summed E-state index contributed by atoms with van der Waals surface area (Å²) in [5.74, 6) is -3.55. The van der Waals surface area contributed by atoms with Gasteiger partial charge in [-0.05, 0) is 49.2 Å². The Labute approximate surface area is 224 Å². The van der Waals surface area contributed by atoms with E-state index in [9.17, 15) is 27.8 Å². The van der Waals surface area contributed by atoms with Gasteiger partial charge in [0.2, 0.25) is 0 Å². The maximum atomic E-state index is 15.0. The SMILES string of the molecule is O=C(N1CCOCC1)N1CC2CCC(C(=O)NO)(C1)N2S(=O)c1cc(F)c(Oc2ccc(Cl)cc2)c(F)c1. The number of fused-ring (bicyclic) bond motifs is 2. The molecule has 3 aliphatic heterocycles. The van der Waals surface area contributed by atoms with E-state index in [0.717, 1.165) is 12.1 Å². The number of nitrogens with zero attached hydrogens (tertiary/aromatic N) is 3. The molecule has 3 amide bonds. The molecule has 204 valence electrons. The predicted octanol–water partition coefficient (Wildman–Crippen LogP) is 2.91. The summed E-state index contributed by atoms with van der Waals surface area (Å²) < 4.78 is 55.6. The molecular weight excluding hydrogens is 546 g/mol. The second kappa shape index (κ2) is 10.7. The molecule has 2 N–H and O–H groups in total. The number of piperazine rings is 1. The summed E-state index contributed by atoms with van der Waals surface area (Å²) in [6.07, 6.45) is 0.570. The first-order valence-electron chi connectivity index (χ1n) is 11.9. The molecule has 14 heteroatoms. The maximum Gasteiger partial charge on any atom is 0.320 e. The molecule has 38 heavy (non-hydrogen) atoms. The second-order valence-electron chi connectivity index (χ2n) is 9.27. The van der Waals surface area contributed by atoms with E-state index in [-0.39, 0.29) is 36.2 Å². The minimum absolute atomic E-state index is 0.152. The lowest BCUT2D eigenvalue weighted by molar-refractivity contribution is -0.140. The molecule has 0 aliphatic carbocycles. The van der Waals surface area contributed by atoms with Crippen LogP contribution in [0.25, 0.3) is 0 Å². The minimum atomic E-state index is -2.20. The first-order valence-corrected chi connectivity index (χ1v) is 13.4. The van der Waals surface area contributed by atoms with Crippen molar-refractivity contribution >= 4 is 34.5 Å². The van der Waals surface area contributed by atoms with Crippen molar-refractivity contribution in [2.75, 3.05) is 39.4 Å². The average molecular weight is 571 g/mol. The highest BCUT2D eigenvalue weighted by Crippen LogP contribution is 2.43. The van der Waals surface area contributed by atoms with E-state index < -0.39 is 45.9 Å². The molecule has 3 unspecified atom stereocenters. The molecule has 3 heterocycles. The number of likely N-dealkylation sites (tertiary alicyclic amines) is 1. The molecule has 0 spiro atoms. The summed E-state index contributed by atoms with van der Waals surface area (Å²) >= 11 is 5.83. The molecule has 0 saturated carbocycles. The van der Waals surface area contributed by atoms with Crippen molar-refractivity contribution in [3.63, 3.8) is 0 Å². The van der Waals surface area contributed by atoms with E-state index in [1.807, 2.05) is 0 Å². The number of carbonyl (C=O) groups excluding carboxylic acids is 2. The van der Waals surface area contributed by atoms with Crippen LogP contribution in [0.4, 0.5) is 13.6 Å². The molecule has 10 nitrogen and oxygen atoms in total. The highest BCUT2D eigenvalue weighted by molar-refractivity contribution is 7.82. The number of carbonyl (C=O) groups is 2. The largest absolute Gasteiger partial charge is 0.451 e. The van der Waals surface area contributed by atoms with Crippen LogP contribution in [0.5, 0.6) is 11.5 Å². The van der Waals surface area contributed by atoms with Crippen LogP contribution in [0, 0.1) is 11.6 Å². The second-order valence-corrected chi connectivity index (χ2v) is 11.1. The van der Waals surface area contributed by atoms with Gasteiger partial charge in [0.1, 0.15) is 22.3 Å². The van der Waals surface area contributed by atoms with Crippen LogP contribution in [0.15, 0.2) is 41.3 Å². The maximum absolute atomic E-state index is 15.0. The molecule has 2 bridgehead atoms. The van der Waals surface area contributed by atoms with Gasteiger partial charge in [0, 0.05) is 30.7 Å². The third-order valence-corrected chi connectivity index (χ3v) is 8.89. The number of morpholine rings is 1. The number of rotatable bonds is 5. The highest BCUT2D eigenvalue weighted by Gasteiger charge is 2.59. The Hall–Kier alpha value is -2.84. The molecule has 3 saturated heterocycles. The quantitative estimate of drug-likeness (QED) is 0.422. The van der Waals surface area contributed by atoms with Gasteiger partial charge < -0.3 is 19.3 Å². The molecule has 2 aromatic carbocycles. The molecule has 3 atom stereocenters. The lowest BCUT2D eigenvalue weighted by Gasteiger charge is -2.47. The Morgan fingerprint density at radius 1 is 1.13 bits per heavy atom. The van der Waals surface area contributed by atoms with E-state index in [0.29, 0.717) is 37.7 Å². The number of hydrogen-bond acceptors (Lipinski definition) is 6. The van der Waals surface area contributed by atoms with Gasteiger partial charge in [-0.3, -0.25) is 10.0 Å². The van der Waals surface area contributed by atoms with Gasteiger partial charge in [0.05, 0.1) is 24.7 Å². The van der Waals surface area contributed by atoms with Gasteiger partial charge >= 0.3 is 6.03 Å². The molecule has 2 aromatic rings. The molecule has 3 aliphatic rings. The monoisotopic (exact) mass is 570 g/mol. The summed E-state index contributed by atoms with van der Waals surface area (Å²) in [4.78, 5) is 29.0. The fourth-order valence-corrected chi connectivity index (χ4v) is 6.94. The number of hydrogen-bond donors (Lipinski definition) is 2. The van der Waals surface area contributed by atoms with Crippen molar-refractivity contribution in [1.82, 2.24) is 19.6 Å². The fraction of sp³-hybridized carbons (Fsp3) is 0.417. The van der Waals surface area contributed by atoms with E-state index in [1.165, 1.54) is 33.5 Å².